The third kappa shape index (κ3) is 6.05. The molecule has 0 aliphatic rings. The van der Waals surface area contributed by atoms with Crippen LogP contribution in [0.1, 0.15) is 5.56 Å². The molecular formula is C24H19BrClN5O2S. The molecular weight excluding hydrogens is 538 g/mol. The lowest BCUT2D eigenvalue weighted by Crippen LogP contribution is -2.20. The van der Waals surface area contributed by atoms with Gasteiger partial charge in [-0.3, -0.25) is 9.36 Å². The van der Waals surface area contributed by atoms with Crippen molar-refractivity contribution in [3.8, 4) is 22.8 Å². The minimum atomic E-state index is -0.255. The van der Waals surface area contributed by atoms with Crippen molar-refractivity contribution in [2.75, 3.05) is 12.9 Å². The lowest BCUT2D eigenvalue weighted by atomic mass is 10.2. The van der Waals surface area contributed by atoms with Gasteiger partial charge in [-0.05, 0) is 66.2 Å². The highest BCUT2D eigenvalue weighted by Gasteiger charge is 2.17. The molecule has 172 valence electrons. The van der Waals surface area contributed by atoms with Crippen molar-refractivity contribution >= 4 is 51.4 Å². The molecule has 1 heterocycles. The van der Waals surface area contributed by atoms with Crippen molar-refractivity contribution in [2.24, 2.45) is 5.10 Å². The monoisotopic (exact) mass is 555 g/mol. The molecule has 0 saturated carbocycles. The van der Waals surface area contributed by atoms with E-state index in [9.17, 15) is 4.79 Å². The van der Waals surface area contributed by atoms with Crippen LogP contribution in [0.2, 0.25) is 5.02 Å². The zero-order valence-electron chi connectivity index (χ0n) is 18.0. The number of methoxy groups -OCH3 is 1. The summed E-state index contributed by atoms with van der Waals surface area (Å²) in [5.41, 5.74) is 5.11. The number of rotatable bonds is 8. The summed E-state index contributed by atoms with van der Waals surface area (Å²) in [5, 5.41) is 13.9. The van der Waals surface area contributed by atoms with Crippen LogP contribution in [0.25, 0.3) is 17.1 Å². The maximum atomic E-state index is 12.4. The second-order valence-corrected chi connectivity index (χ2v) is 9.27. The summed E-state index contributed by atoms with van der Waals surface area (Å²) in [5.74, 6) is 1.25. The van der Waals surface area contributed by atoms with Gasteiger partial charge < -0.3 is 4.74 Å². The van der Waals surface area contributed by atoms with E-state index < -0.39 is 0 Å². The Hall–Kier alpha value is -3.14. The summed E-state index contributed by atoms with van der Waals surface area (Å²) in [6, 6.07) is 22.5. The first kappa shape index (κ1) is 24.0. The number of hydrazone groups is 1. The number of nitrogens with zero attached hydrogens (tertiary/aromatic N) is 4. The molecule has 4 rings (SSSR count). The summed E-state index contributed by atoms with van der Waals surface area (Å²) in [7, 11) is 1.62. The van der Waals surface area contributed by atoms with Gasteiger partial charge in [0.2, 0.25) is 0 Å². The third-order valence-corrected chi connectivity index (χ3v) is 6.38. The van der Waals surface area contributed by atoms with Gasteiger partial charge in [-0.1, -0.05) is 51.4 Å². The number of carbonyl (C=O) groups is 1. The van der Waals surface area contributed by atoms with Crippen molar-refractivity contribution in [2.45, 2.75) is 5.16 Å². The van der Waals surface area contributed by atoms with E-state index in [2.05, 4.69) is 36.7 Å². The van der Waals surface area contributed by atoms with E-state index in [0.717, 1.165) is 27.0 Å². The number of carbonyl (C=O) groups excluding carboxylic acids is 1. The highest BCUT2D eigenvalue weighted by molar-refractivity contribution is 9.10. The van der Waals surface area contributed by atoms with Crippen molar-refractivity contribution in [1.82, 2.24) is 20.2 Å². The fourth-order valence-corrected chi connectivity index (χ4v) is 4.14. The Morgan fingerprint density at radius 2 is 1.79 bits per heavy atom. The number of ether oxygens (including phenoxy) is 1. The molecule has 4 aromatic rings. The molecule has 1 amide bonds. The van der Waals surface area contributed by atoms with Gasteiger partial charge >= 0.3 is 0 Å². The molecule has 0 radical (unpaired) electrons. The van der Waals surface area contributed by atoms with Crippen molar-refractivity contribution in [3.63, 3.8) is 0 Å². The van der Waals surface area contributed by atoms with E-state index in [1.54, 1.807) is 25.5 Å². The minimum Gasteiger partial charge on any atom is -0.497 e. The molecule has 3 aromatic carbocycles. The average molecular weight is 557 g/mol. The van der Waals surface area contributed by atoms with Gasteiger partial charge in [-0.15, -0.1) is 10.2 Å². The van der Waals surface area contributed by atoms with E-state index in [-0.39, 0.29) is 11.7 Å². The van der Waals surface area contributed by atoms with Gasteiger partial charge in [0.05, 0.1) is 19.1 Å². The highest BCUT2D eigenvalue weighted by Crippen LogP contribution is 2.29. The van der Waals surface area contributed by atoms with Gasteiger partial charge in [-0.2, -0.15) is 5.10 Å². The molecule has 0 saturated heterocycles. The Morgan fingerprint density at radius 1 is 1.09 bits per heavy atom. The van der Waals surface area contributed by atoms with Gasteiger partial charge in [-0.25, -0.2) is 5.43 Å². The zero-order chi connectivity index (χ0) is 23.9. The molecule has 7 nitrogen and oxygen atoms in total. The first-order valence-corrected chi connectivity index (χ1v) is 12.2. The smallest absolute Gasteiger partial charge is 0.250 e. The molecule has 34 heavy (non-hydrogen) atoms. The number of amides is 1. The average Bonchev–Trinajstić information content (AvgIpc) is 3.28. The van der Waals surface area contributed by atoms with Crippen molar-refractivity contribution in [3.05, 3.63) is 87.9 Å². The summed E-state index contributed by atoms with van der Waals surface area (Å²) >= 11 is 10.7. The predicted octanol–water partition coefficient (Wildman–Crippen LogP) is 5.60. The normalized spacial score (nSPS) is 11.0. The number of halogens is 2. The first-order valence-electron chi connectivity index (χ1n) is 10.1. The molecule has 10 heteroatoms. The number of thioether (sulfide) groups is 1. The number of hydrogen-bond acceptors (Lipinski definition) is 6. The summed E-state index contributed by atoms with van der Waals surface area (Å²) < 4.78 is 8.12. The van der Waals surface area contributed by atoms with E-state index >= 15 is 0 Å². The summed E-state index contributed by atoms with van der Waals surface area (Å²) in [6.07, 6.45) is 1.59. The van der Waals surface area contributed by atoms with Crippen LogP contribution < -0.4 is 10.2 Å². The lowest BCUT2D eigenvalue weighted by Gasteiger charge is -2.11. The largest absolute Gasteiger partial charge is 0.497 e. The standard InChI is InChI=1S/C24H19BrClN5O2S/c1-33-21-12-4-17(5-13-21)23-29-30-24(31(23)20-10-8-19(26)9-11-20)34-15-22(32)28-27-14-16-2-6-18(25)7-3-16/h2-14H,15H2,1H3,(H,28,32)/b27-14+. The van der Waals surface area contributed by atoms with Crippen LogP contribution in [0, 0.1) is 0 Å². The van der Waals surface area contributed by atoms with E-state index in [1.165, 1.54) is 11.8 Å². The van der Waals surface area contributed by atoms with E-state index in [0.29, 0.717) is 16.0 Å². The lowest BCUT2D eigenvalue weighted by molar-refractivity contribution is -0.118. The van der Waals surface area contributed by atoms with Crippen LogP contribution in [0.4, 0.5) is 0 Å². The second-order valence-electron chi connectivity index (χ2n) is 6.98. The second kappa shape index (κ2) is 11.3. The first-order chi connectivity index (χ1) is 16.5. The van der Waals surface area contributed by atoms with Crippen LogP contribution in [0.15, 0.2) is 87.5 Å². The number of benzene rings is 3. The maximum absolute atomic E-state index is 12.4. The summed E-state index contributed by atoms with van der Waals surface area (Å²) in [4.78, 5) is 12.4. The Labute approximate surface area is 214 Å². The Bertz CT molecular complexity index is 1290. The van der Waals surface area contributed by atoms with Crippen LogP contribution >= 0.6 is 39.3 Å². The molecule has 0 atom stereocenters. The highest BCUT2D eigenvalue weighted by atomic mass is 79.9. The summed E-state index contributed by atoms with van der Waals surface area (Å²) in [6.45, 7) is 0. The fourth-order valence-electron chi connectivity index (χ4n) is 3.00. The number of nitrogens with one attached hydrogen (secondary N) is 1. The van der Waals surface area contributed by atoms with E-state index in [1.807, 2.05) is 65.2 Å². The quantitative estimate of drug-likeness (QED) is 0.174. The fraction of sp³-hybridized carbons (Fsp3) is 0.0833. The molecule has 1 aromatic heterocycles. The van der Waals surface area contributed by atoms with Crippen LogP contribution in [-0.4, -0.2) is 39.7 Å². The Balaban J connectivity index is 1.51. The minimum absolute atomic E-state index is 0.117. The third-order valence-electron chi connectivity index (χ3n) is 4.67. The van der Waals surface area contributed by atoms with Crippen LogP contribution in [0.3, 0.4) is 0 Å². The molecule has 0 bridgehead atoms. The van der Waals surface area contributed by atoms with Gasteiger partial charge in [0.15, 0.2) is 11.0 Å². The molecule has 0 fully saturated rings. The van der Waals surface area contributed by atoms with Gasteiger partial charge in [0.25, 0.3) is 5.91 Å². The molecule has 0 aliphatic carbocycles. The molecule has 0 unspecified atom stereocenters. The Kier molecular flexibility index (Phi) is 7.99. The SMILES string of the molecule is COc1ccc(-c2nnc(SCC(=O)N/N=C/c3ccc(Br)cc3)n2-c2ccc(Cl)cc2)cc1. The van der Waals surface area contributed by atoms with Crippen LogP contribution in [0.5, 0.6) is 5.75 Å². The van der Waals surface area contributed by atoms with Gasteiger partial charge in [0, 0.05) is 20.7 Å². The van der Waals surface area contributed by atoms with Gasteiger partial charge in [0.1, 0.15) is 5.75 Å². The van der Waals surface area contributed by atoms with Crippen LogP contribution in [-0.2, 0) is 4.79 Å². The zero-order valence-corrected chi connectivity index (χ0v) is 21.1. The molecule has 0 aliphatic heterocycles. The van der Waals surface area contributed by atoms with Crippen molar-refractivity contribution < 1.29 is 9.53 Å². The van der Waals surface area contributed by atoms with E-state index in [4.69, 9.17) is 16.3 Å². The molecule has 1 N–H and O–H groups in total. The molecule has 0 spiro atoms. The topological polar surface area (TPSA) is 81.4 Å². The Morgan fingerprint density at radius 3 is 2.47 bits per heavy atom. The number of hydrogen-bond donors (Lipinski definition) is 1. The predicted molar refractivity (Wildman–Crippen MR) is 139 cm³/mol. The maximum Gasteiger partial charge on any atom is 0.250 e. The van der Waals surface area contributed by atoms with Crippen molar-refractivity contribution in [1.29, 1.82) is 0 Å². The number of aromatic nitrogens is 3.